The van der Waals surface area contributed by atoms with Crippen molar-refractivity contribution >= 4 is 17.7 Å². The van der Waals surface area contributed by atoms with Gasteiger partial charge in [-0.2, -0.15) is 10.6 Å². The summed E-state index contributed by atoms with van der Waals surface area (Å²) in [6.45, 7) is 1.92. The second-order valence-corrected chi connectivity index (χ2v) is 6.72. The maximum absolute atomic E-state index is 12.3. The second-order valence-electron chi connectivity index (χ2n) is 6.72. The molecule has 0 spiro atoms. The summed E-state index contributed by atoms with van der Waals surface area (Å²) in [7, 11) is 1.63. The lowest BCUT2D eigenvalue weighted by atomic mass is 9.86. The smallest absolute Gasteiger partial charge is 0.297 e. The van der Waals surface area contributed by atoms with Gasteiger partial charge >= 0.3 is 0 Å². The Kier molecular flexibility index (Phi) is 4.83. The van der Waals surface area contributed by atoms with Crippen LogP contribution in [0.2, 0.25) is 0 Å². The second kappa shape index (κ2) is 7.08. The van der Waals surface area contributed by atoms with E-state index in [1.54, 1.807) is 7.05 Å². The van der Waals surface area contributed by atoms with E-state index in [9.17, 15) is 4.79 Å². The maximum atomic E-state index is 12.3. The Morgan fingerprint density at radius 3 is 2.56 bits per heavy atom. The maximum Gasteiger partial charge on any atom is 0.297 e. The van der Waals surface area contributed by atoms with Crippen LogP contribution in [0.4, 0.5) is 0 Å². The first-order valence-electron chi connectivity index (χ1n) is 8.51. The number of hydrazine groups is 2. The number of amidine groups is 1. The molecule has 0 radical (unpaired) electrons. The molecule has 1 amide bonds. The Bertz CT molecular complexity index is 937. The van der Waals surface area contributed by atoms with Crippen molar-refractivity contribution in [3.05, 3.63) is 59.7 Å². The highest BCUT2D eigenvalue weighted by molar-refractivity contribution is 5.99. The minimum Gasteiger partial charge on any atom is -0.369 e. The fourth-order valence-electron chi connectivity index (χ4n) is 3.12. The molecule has 0 saturated carbocycles. The fraction of sp³-hybridized carbons (Fsp3) is 0.211. The van der Waals surface area contributed by atoms with E-state index in [0.29, 0.717) is 5.84 Å². The molecule has 1 atom stereocenters. The normalized spacial score (nSPS) is 20.4. The van der Waals surface area contributed by atoms with Crippen molar-refractivity contribution in [3.8, 4) is 11.1 Å². The molecule has 2 aromatic rings. The molecule has 2 aromatic carbocycles. The zero-order valence-electron chi connectivity index (χ0n) is 15.4. The number of hydrogen-bond donors (Lipinski definition) is 5. The van der Waals surface area contributed by atoms with Gasteiger partial charge in [0, 0.05) is 7.05 Å². The van der Waals surface area contributed by atoms with Crippen molar-refractivity contribution in [3.63, 3.8) is 0 Å². The SMILES string of the molecule is CN1C(=O)C[C@@](C)(c2cccc(-c3cccc(/C(N)=[NH+]/NN)c3)c2)N=C1N. The van der Waals surface area contributed by atoms with E-state index in [0.717, 1.165) is 22.3 Å². The van der Waals surface area contributed by atoms with Gasteiger partial charge in [-0.05, 0) is 41.8 Å². The molecule has 0 unspecified atom stereocenters. The van der Waals surface area contributed by atoms with Gasteiger partial charge in [-0.1, -0.05) is 30.3 Å². The molecule has 8 nitrogen and oxygen atoms in total. The first-order chi connectivity index (χ1) is 12.8. The van der Waals surface area contributed by atoms with Crippen molar-refractivity contribution in [2.45, 2.75) is 18.9 Å². The summed E-state index contributed by atoms with van der Waals surface area (Å²) in [5.74, 6) is 5.84. The molecular weight excluding hydrogens is 342 g/mol. The first-order valence-corrected chi connectivity index (χ1v) is 8.51. The van der Waals surface area contributed by atoms with Crippen LogP contribution >= 0.6 is 0 Å². The number of carbonyl (C=O) groups is 1. The van der Waals surface area contributed by atoms with Gasteiger partial charge in [0.1, 0.15) is 0 Å². The molecule has 1 heterocycles. The number of hydrogen-bond acceptors (Lipinski definition) is 5. The zero-order valence-corrected chi connectivity index (χ0v) is 15.4. The average Bonchev–Trinajstić information content (AvgIpc) is 2.66. The van der Waals surface area contributed by atoms with Gasteiger partial charge in [0.2, 0.25) is 5.91 Å². The number of aliphatic imine (C=N–C) groups is 1. The third-order valence-electron chi connectivity index (χ3n) is 4.77. The van der Waals surface area contributed by atoms with E-state index in [2.05, 4.69) is 15.6 Å². The molecule has 27 heavy (non-hydrogen) atoms. The molecule has 0 aromatic heterocycles. The minimum absolute atomic E-state index is 0.0554. The number of nitrogen functional groups attached to an aromatic ring is 1. The molecule has 3 rings (SSSR count). The Morgan fingerprint density at radius 2 is 1.89 bits per heavy atom. The Labute approximate surface area is 157 Å². The number of guanidine groups is 1. The largest absolute Gasteiger partial charge is 0.369 e. The lowest BCUT2D eigenvalue weighted by Crippen LogP contribution is -2.87. The topological polar surface area (TPSA) is 137 Å². The van der Waals surface area contributed by atoms with Crippen LogP contribution in [0.15, 0.2) is 53.5 Å². The lowest BCUT2D eigenvalue weighted by molar-refractivity contribution is -0.528. The van der Waals surface area contributed by atoms with Gasteiger partial charge in [0.25, 0.3) is 5.84 Å². The van der Waals surface area contributed by atoms with Crippen LogP contribution in [0, 0.1) is 0 Å². The van der Waals surface area contributed by atoms with Crippen molar-refractivity contribution in [1.82, 2.24) is 10.4 Å². The van der Waals surface area contributed by atoms with Crippen LogP contribution in [0.5, 0.6) is 0 Å². The third kappa shape index (κ3) is 3.61. The standard InChI is InChI=1S/C19H23N7O/c1-19(11-16(27)26(2)18(21)23-19)15-8-4-6-13(10-15)12-5-3-7-14(9-12)17(20)24-25-22/h3-10,25H,11,22H2,1-2H3,(H2,20,24)(H2,21,23)/p+1/t19-/m0/s1. The van der Waals surface area contributed by atoms with Gasteiger partial charge in [0.15, 0.2) is 5.96 Å². The number of carbonyl (C=O) groups excluding carboxylic acids is 1. The van der Waals surface area contributed by atoms with Crippen molar-refractivity contribution in [2.24, 2.45) is 22.3 Å². The van der Waals surface area contributed by atoms with E-state index in [-0.39, 0.29) is 18.3 Å². The number of nitrogens with one attached hydrogen (secondary N) is 2. The molecule has 0 aliphatic carbocycles. The van der Waals surface area contributed by atoms with Gasteiger partial charge in [-0.25, -0.2) is 10.8 Å². The summed E-state index contributed by atoms with van der Waals surface area (Å²) in [5.41, 5.74) is 17.2. The quantitative estimate of drug-likeness (QED) is 0.203. The molecule has 1 aliphatic heterocycles. The van der Waals surface area contributed by atoms with Crippen molar-refractivity contribution in [1.29, 1.82) is 0 Å². The summed E-state index contributed by atoms with van der Waals surface area (Å²) < 4.78 is 0. The predicted octanol–water partition coefficient (Wildman–Crippen LogP) is -1.09. The molecule has 1 aliphatic rings. The lowest BCUT2D eigenvalue weighted by Gasteiger charge is -2.33. The first kappa shape index (κ1) is 18.4. The van der Waals surface area contributed by atoms with Gasteiger partial charge < -0.3 is 5.73 Å². The van der Waals surface area contributed by atoms with Crippen LogP contribution in [-0.2, 0) is 10.3 Å². The zero-order chi connectivity index (χ0) is 19.6. The summed E-state index contributed by atoms with van der Waals surface area (Å²) in [4.78, 5) is 18.2. The van der Waals surface area contributed by atoms with E-state index in [4.69, 9.17) is 17.3 Å². The fourth-order valence-corrected chi connectivity index (χ4v) is 3.12. The predicted molar refractivity (Wildman–Crippen MR) is 105 cm³/mol. The van der Waals surface area contributed by atoms with Gasteiger partial charge in [-0.15, -0.1) is 0 Å². The molecule has 140 valence electrons. The minimum atomic E-state index is -0.697. The van der Waals surface area contributed by atoms with Crippen LogP contribution in [0.3, 0.4) is 0 Å². The molecule has 0 fully saturated rings. The molecule has 8 heteroatoms. The molecule has 8 N–H and O–H groups in total. The number of rotatable bonds is 4. The monoisotopic (exact) mass is 366 g/mol. The average molecular weight is 366 g/mol. The Morgan fingerprint density at radius 1 is 1.22 bits per heavy atom. The van der Waals surface area contributed by atoms with E-state index in [1.807, 2.05) is 55.5 Å². The number of benzene rings is 2. The summed E-state index contributed by atoms with van der Waals surface area (Å²) in [6, 6.07) is 15.7. The van der Waals surface area contributed by atoms with E-state index >= 15 is 0 Å². The summed E-state index contributed by atoms with van der Waals surface area (Å²) in [5, 5.41) is 2.67. The van der Waals surface area contributed by atoms with Gasteiger partial charge in [-0.3, -0.25) is 15.4 Å². The number of nitrogens with two attached hydrogens (primary N) is 3. The number of hydrazone groups is 1. The highest BCUT2D eigenvalue weighted by atomic mass is 16.2. The number of nitrogens with zero attached hydrogens (tertiary/aromatic N) is 2. The van der Waals surface area contributed by atoms with Crippen molar-refractivity contribution < 1.29 is 9.90 Å². The Hall–Kier alpha value is -3.39. The molecule has 0 bridgehead atoms. The highest BCUT2D eigenvalue weighted by Crippen LogP contribution is 2.35. The third-order valence-corrected chi connectivity index (χ3v) is 4.77. The Balaban J connectivity index is 2.01. The summed E-state index contributed by atoms with van der Waals surface area (Å²) in [6.07, 6.45) is 0.264. The molecule has 0 saturated heterocycles. The molecular formula is C19H24N7O+. The van der Waals surface area contributed by atoms with Crippen LogP contribution in [0.25, 0.3) is 11.1 Å². The van der Waals surface area contributed by atoms with E-state index < -0.39 is 5.54 Å². The van der Waals surface area contributed by atoms with Crippen LogP contribution in [0.1, 0.15) is 24.5 Å². The summed E-state index contributed by atoms with van der Waals surface area (Å²) >= 11 is 0. The van der Waals surface area contributed by atoms with Crippen LogP contribution in [-0.4, -0.2) is 29.6 Å². The van der Waals surface area contributed by atoms with E-state index in [1.165, 1.54) is 4.90 Å². The van der Waals surface area contributed by atoms with Crippen LogP contribution < -0.4 is 27.9 Å². The highest BCUT2D eigenvalue weighted by Gasteiger charge is 2.36. The van der Waals surface area contributed by atoms with Crippen molar-refractivity contribution in [2.75, 3.05) is 7.05 Å². The van der Waals surface area contributed by atoms with Gasteiger partial charge in [0.05, 0.1) is 17.5 Å². The number of amides is 1.